The molecule has 8 heteroatoms. The molecule has 2 aromatic rings. The third-order valence-electron chi connectivity index (χ3n) is 3.56. The summed E-state index contributed by atoms with van der Waals surface area (Å²) in [6.07, 6.45) is 0.261. The topological polar surface area (TPSA) is 89.5 Å². The molecule has 0 saturated heterocycles. The van der Waals surface area contributed by atoms with E-state index in [-0.39, 0.29) is 23.8 Å². The average molecular weight is 416 g/mol. The fraction of sp³-hybridized carbons (Fsp3) is 0.273. The molecule has 30 heavy (non-hydrogen) atoms. The van der Waals surface area contributed by atoms with Crippen molar-refractivity contribution in [2.75, 3.05) is 13.2 Å². The van der Waals surface area contributed by atoms with Crippen molar-refractivity contribution in [3.63, 3.8) is 0 Å². The van der Waals surface area contributed by atoms with E-state index in [0.29, 0.717) is 31.1 Å². The van der Waals surface area contributed by atoms with Gasteiger partial charge in [0.25, 0.3) is 0 Å². The molecule has 0 bridgehead atoms. The minimum Gasteiger partial charge on any atom is -0.494 e. The number of ether oxygens (including phenoxy) is 2. The van der Waals surface area contributed by atoms with Crippen LogP contribution in [0.1, 0.15) is 47.4 Å². The minimum atomic E-state index is -0.766. The van der Waals surface area contributed by atoms with E-state index in [0.717, 1.165) is 0 Å². The van der Waals surface area contributed by atoms with Gasteiger partial charge < -0.3 is 9.47 Å². The Kier molecular flexibility index (Phi) is 9.63. The lowest BCUT2D eigenvalue weighted by atomic mass is 10.2. The molecule has 0 aliphatic carbocycles. The van der Waals surface area contributed by atoms with Gasteiger partial charge in [0.15, 0.2) is 0 Å². The molecule has 0 unspecified atom stereocenters. The summed E-state index contributed by atoms with van der Waals surface area (Å²) in [5, 5.41) is 0. The number of rotatable bonds is 12. The van der Waals surface area contributed by atoms with E-state index < -0.39 is 11.9 Å². The summed E-state index contributed by atoms with van der Waals surface area (Å²) in [4.78, 5) is 43.7. The molecule has 0 aliphatic heterocycles. The third-order valence-corrected chi connectivity index (χ3v) is 3.56. The molecule has 0 spiro atoms. The van der Waals surface area contributed by atoms with Gasteiger partial charge in [-0.2, -0.15) is 0 Å². The highest BCUT2D eigenvalue weighted by Crippen LogP contribution is 2.19. The first-order chi connectivity index (χ1) is 14.6. The predicted octanol–water partition coefficient (Wildman–Crippen LogP) is 4.46. The SMILES string of the molecule is [CH2]CC[C](OOC(=O)c1cccc(OCC)c1)OOC(=O)c1cccc(OCC)c1. The first kappa shape index (κ1) is 23.2. The van der Waals surface area contributed by atoms with E-state index >= 15 is 0 Å². The van der Waals surface area contributed by atoms with E-state index in [1.807, 2.05) is 13.8 Å². The number of hydrogen-bond acceptors (Lipinski definition) is 8. The van der Waals surface area contributed by atoms with E-state index in [1.54, 1.807) is 36.4 Å². The number of carbonyl (C=O) groups is 2. The third kappa shape index (κ3) is 7.38. The van der Waals surface area contributed by atoms with Crippen LogP contribution in [0.2, 0.25) is 0 Å². The predicted molar refractivity (Wildman–Crippen MR) is 106 cm³/mol. The van der Waals surface area contributed by atoms with Crippen LogP contribution in [0, 0.1) is 13.2 Å². The van der Waals surface area contributed by atoms with Crippen molar-refractivity contribution in [3.8, 4) is 11.5 Å². The number of carbonyl (C=O) groups excluding carboxylic acids is 2. The Morgan fingerprint density at radius 3 is 1.63 bits per heavy atom. The zero-order chi connectivity index (χ0) is 21.8. The smallest absolute Gasteiger partial charge is 0.373 e. The molecule has 0 fully saturated rings. The van der Waals surface area contributed by atoms with Gasteiger partial charge in [-0.1, -0.05) is 19.1 Å². The lowest BCUT2D eigenvalue weighted by Crippen LogP contribution is -2.16. The Morgan fingerprint density at radius 2 is 1.23 bits per heavy atom. The largest absolute Gasteiger partial charge is 0.494 e. The highest BCUT2D eigenvalue weighted by molar-refractivity contribution is 5.90. The van der Waals surface area contributed by atoms with Gasteiger partial charge in [-0.15, -0.1) is 9.78 Å². The minimum absolute atomic E-state index is 0.137. The van der Waals surface area contributed by atoms with Crippen molar-refractivity contribution >= 4 is 11.9 Å². The second-order valence-electron chi connectivity index (χ2n) is 5.81. The second-order valence-corrected chi connectivity index (χ2v) is 5.81. The Labute approximate surface area is 175 Å². The number of hydrogen-bond donors (Lipinski definition) is 0. The summed E-state index contributed by atoms with van der Waals surface area (Å²) in [5.74, 6) is -0.489. The molecule has 2 aromatic carbocycles. The molecule has 0 N–H and O–H groups in total. The second kappa shape index (κ2) is 12.5. The highest BCUT2D eigenvalue weighted by Gasteiger charge is 2.21. The van der Waals surface area contributed by atoms with Crippen LogP contribution in [0.4, 0.5) is 0 Å². The highest BCUT2D eigenvalue weighted by atomic mass is 17.3. The Hall–Kier alpha value is -3.10. The maximum absolute atomic E-state index is 12.2. The van der Waals surface area contributed by atoms with Crippen molar-refractivity contribution in [2.24, 2.45) is 0 Å². The van der Waals surface area contributed by atoms with Crippen LogP contribution in [0.25, 0.3) is 0 Å². The first-order valence-corrected chi connectivity index (χ1v) is 9.45. The molecule has 0 atom stereocenters. The van der Waals surface area contributed by atoms with Crippen LogP contribution in [0.5, 0.6) is 11.5 Å². The van der Waals surface area contributed by atoms with Crippen molar-refractivity contribution in [3.05, 3.63) is 72.9 Å². The van der Waals surface area contributed by atoms with E-state index in [2.05, 4.69) is 6.92 Å². The Morgan fingerprint density at radius 1 is 0.767 bits per heavy atom. The summed E-state index contributed by atoms with van der Waals surface area (Å²) >= 11 is 0. The fourth-order valence-corrected chi connectivity index (χ4v) is 2.27. The van der Waals surface area contributed by atoms with Gasteiger partial charge in [0.1, 0.15) is 11.5 Å². The lowest BCUT2D eigenvalue weighted by molar-refractivity contribution is -0.363. The maximum Gasteiger partial charge on any atom is 0.373 e. The molecule has 0 aromatic heterocycles. The molecule has 2 radical (unpaired) electrons. The van der Waals surface area contributed by atoms with E-state index in [1.165, 1.54) is 12.1 Å². The first-order valence-electron chi connectivity index (χ1n) is 9.45. The van der Waals surface area contributed by atoms with Crippen LogP contribution in [-0.4, -0.2) is 25.2 Å². The normalized spacial score (nSPS) is 10.5. The van der Waals surface area contributed by atoms with Gasteiger partial charge in [-0.05, 0) is 56.7 Å². The Bertz CT molecular complexity index is 755. The van der Waals surface area contributed by atoms with Gasteiger partial charge in [0.05, 0.1) is 24.3 Å². The summed E-state index contributed by atoms with van der Waals surface area (Å²) in [6, 6.07) is 12.8. The van der Waals surface area contributed by atoms with Crippen LogP contribution in [0.15, 0.2) is 48.5 Å². The van der Waals surface area contributed by atoms with Gasteiger partial charge in [0.2, 0.25) is 0 Å². The van der Waals surface area contributed by atoms with E-state index in [4.69, 9.17) is 29.0 Å². The van der Waals surface area contributed by atoms with Crippen molar-refractivity contribution in [1.82, 2.24) is 0 Å². The Balaban J connectivity index is 1.89. The molecule has 0 aliphatic rings. The van der Waals surface area contributed by atoms with Crippen molar-refractivity contribution < 1.29 is 38.6 Å². The zero-order valence-corrected chi connectivity index (χ0v) is 16.9. The summed E-state index contributed by atoms with van der Waals surface area (Å²) in [7, 11) is 0. The molecule has 160 valence electrons. The monoisotopic (exact) mass is 416 g/mol. The quantitative estimate of drug-likeness (QED) is 0.370. The van der Waals surface area contributed by atoms with Crippen LogP contribution in [-0.2, 0) is 19.6 Å². The van der Waals surface area contributed by atoms with Gasteiger partial charge in [-0.3, -0.25) is 9.78 Å². The molecular weight excluding hydrogens is 392 g/mol. The van der Waals surface area contributed by atoms with Crippen molar-refractivity contribution in [1.29, 1.82) is 0 Å². The molecule has 0 saturated carbocycles. The fourth-order valence-electron chi connectivity index (χ4n) is 2.27. The molecule has 0 heterocycles. The van der Waals surface area contributed by atoms with Gasteiger partial charge in [-0.25, -0.2) is 9.59 Å². The molecule has 8 nitrogen and oxygen atoms in total. The zero-order valence-electron chi connectivity index (χ0n) is 16.9. The standard InChI is InChI=1S/C22H24O8/c1-4-9-20(27-29-21(23)16-10-7-12-18(14-16)25-5-2)28-30-22(24)17-11-8-13-19(15-17)26-6-3/h7-8,10-15H,1,4-6,9H2,2-3H3. The van der Waals surface area contributed by atoms with Crippen LogP contribution in [0.3, 0.4) is 0 Å². The summed E-state index contributed by atoms with van der Waals surface area (Å²) in [5.41, 5.74) is 0.444. The van der Waals surface area contributed by atoms with Crippen LogP contribution >= 0.6 is 0 Å². The van der Waals surface area contributed by atoms with Gasteiger partial charge >= 0.3 is 18.2 Å². The number of benzene rings is 2. The van der Waals surface area contributed by atoms with Gasteiger partial charge in [0, 0.05) is 6.42 Å². The molecular formula is C22H24O8. The summed E-state index contributed by atoms with van der Waals surface area (Å²) in [6.45, 7) is 8.25. The molecule has 0 amide bonds. The average Bonchev–Trinajstić information content (AvgIpc) is 2.76. The summed E-state index contributed by atoms with van der Waals surface area (Å²) < 4.78 is 10.7. The maximum atomic E-state index is 12.2. The van der Waals surface area contributed by atoms with E-state index in [9.17, 15) is 9.59 Å². The lowest BCUT2D eigenvalue weighted by Gasteiger charge is -2.13. The molecule has 2 rings (SSSR count). The van der Waals surface area contributed by atoms with Crippen LogP contribution < -0.4 is 9.47 Å². The van der Waals surface area contributed by atoms with Crippen molar-refractivity contribution in [2.45, 2.75) is 26.7 Å².